The van der Waals surface area contributed by atoms with Gasteiger partial charge in [0.15, 0.2) is 0 Å². The van der Waals surface area contributed by atoms with Crippen molar-refractivity contribution >= 4 is 17.8 Å². The number of pyridine rings is 1. The van der Waals surface area contributed by atoms with Crippen LogP contribution in [0.5, 0.6) is 0 Å². The van der Waals surface area contributed by atoms with Gasteiger partial charge in [-0.25, -0.2) is 9.48 Å². The van der Waals surface area contributed by atoms with E-state index in [0.29, 0.717) is 23.8 Å². The molecule has 9 heteroatoms. The van der Waals surface area contributed by atoms with Gasteiger partial charge in [-0.2, -0.15) is 10.1 Å². The number of allylic oxidation sites excluding steroid dienone is 1. The third-order valence-corrected chi connectivity index (χ3v) is 5.23. The Hall–Kier alpha value is -4.01. The van der Waals surface area contributed by atoms with Crippen molar-refractivity contribution < 1.29 is 14.3 Å². The molecule has 1 aliphatic rings. The molecule has 32 heavy (non-hydrogen) atoms. The largest absolute Gasteiger partial charge is 0.463 e. The number of amides is 1. The van der Waals surface area contributed by atoms with E-state index in [2.05, 4.69) is 20.4 Å². The molecule has 1 aromatic carbocycles. The average Bonchev–Trinajstić information content (AvgIpc) is 3.30. The Kier molecular flexibility index (Phi) is 6.25. The van der Waals surface area contributed by atoms with Gasteiger partial charge in [0.25, 0.3) is 0 Å². The number of fused-ring (bicyclic) bond motifs is 1. The number of anilines is 1. The zero-order valence-electron chi connectivity index (χ0n) is 17.9. The predicted octanol–water partition coefficient (Wildman–Crippen LogP) is 2.24. The number of rotatable bonds is 7. The van der Waals surface area contributed by atoms with Crippen LogP contribution in [0.25, 0.3) is 0 Å². The number of carbonyl (C=O) groups is 2. The summed E-state index contributed by atoms with van der Waals surface area (Å²) >= 11 is 0. The molecule has 0 unspecified atom stereocenters. The molecule has 4 rings (SSSR count). The lowest BCUT2D eigenvalue weighted by atomic mass is 9.95. The second-order valence-electron chi connectivity index (χ2n) is 7.26. The molecule has 1 atom stereocenters. The Labute approximate surface area is 185 Å². The maximum Gasteiger partial charge on any atom is 0.338 e. The van der Waals surface area contributed by atoms with Gasteiger partial charge in [-0.1, -0.05) is 36.4 Å². The highest BCUT2D eigenvalue weighted by molar-refractivity contribution is 5.93. The molecule has 0 radical (unpaired) electrons. The summed E-state index contributed by atoms with van der Waals surface area (Å²) < 4.78 is 7.02. The Morgan fingerprint density at radius 2 is 1.97 bits per heavy atom. The second-order valence-corrected chi connectivity index (χ2v) is 7.26. The van der Waals surface area contributed by atoms with Gasteiger partial charge in [0, 0.05) is 24.6 Å². The summed E-state index contributed by atoms with van der Waals surface area (Å²) in [7, 11) is 0. The molecule has 1 aliphatic heterocycles. The lowest BCUT2D eigenvalue weighted by molar-refractivity contribution is -0.139. The minimum absolute atomic E-state index is 0.0186. The summed E-state index contributed by atoms with van der Waals surface area (Å²) in [6, 6.07) is 12.8. The molecule has 0 saturated heterocycles. The highest BCUT2D eigenvalue weighted by Crippen LogP contribution is 2.38. The number of ether oxygens (including phenoxy) is 1. The van der Waals surface area contributed by atoms with Gasteiger partial charge in [0.2, 0.25) is 11.9 Å². The molecule has 0 spiro atoms. The molecular weight excluding hydrogens is 408 g/mol. The fraction of sp³-hybridized carbons (Fsp3) is 0.261. The molecule has 1 amide bonds. The van der Waals surface area contributed by atoms with Crippen LogP contribution < -0.4 is 10.2 Å². The SMILES string of the molecule is CCOC(=O)C1=C(C)N(CC(=O)NCc2cccnc2)c2ncnn2[C@H]1c1ccccc1. The Morgan fingerprint density at radius 1 is 1.16 bits per heavy atom. The summed E-state index contributed by atoms with van der Waals surface area (Å²) in [5.41, 5.74) is 2.80. The number of benzene rings is 1. The molecule has 3 aromatic rings. The van der Waals surface area contributed by atoms with Gasteiger partial charge in [0.1, 0.15) is 18.9 Å². The first kappa shape index (κ1) is 21.2. The van der Waals surface area contributed by atoms with Crippen molar-refractivity contribution in [2.75, 3.05) is 18.1 Å². The van der Waals surface area contributed by atoms with E-state index in [-0.39, 0.29) is 19.1 Å². The molecule has 164 valence electrons. The molecule has 0 bridgehead atoms. The van der Waals surface area contributed by atoms with Crippen molar-refractivity contribution in [2.45, 2.75) is 26.4 Å². The number of nitrogens with zero attached hydrogens (tertiary/aromatic N) is 5. The number of hydrogen-bond donors (Lipinski definition) is 1. The Morgan fingerprint density at radius 3 is 2.69 bits per heavy atom. The van der Waals surface area contributed by atoms with E-state index in [9.17, 15) is 9.59 Å². The molecule has 2 aromatic heterocycles. The molecule has 0 aliphatic carbocycles. The lowest BCUT2D eigenvalue weighted by Gasteiger charge is -2.35. The van der Waals surface area contributed by atoms with Crippen molar-refractivity contribution in [3.63, 3.8) is 0 Å². The highest BCUT2D eigenvalue weighted by Gasteiger charge is 2.38. The molecule has 1 N–H and O–H groups in total. The first-order valence-corrected chi connectivity index (χ1v) is 10.4. The van der Waals surface area contributed by atoms with Crippen LogP contribution in [0.2, 0.25) is 0 Å². The number of nitrogens with one attached hydrogen (secondary N) is 1. The molecule has 0 saturated carbocycles. The van der Waals surface area contributed by atoms with E-state index in [1.54, 1.807) is 35.8 Å². The summed E-state index contributed by atoms with van der Waals surface area (Å²) in [6.45, 7) is 4.14. The minimum atomic E-state index is -0.498. The zero-order chi connectivity index (χ0) is 22.5. The Bertz CT molecular complexity index is 1130. The van der Waals surface area contributed by atoms with E-state index < -0.39 is 12.0 Å². The smallest absolute Gasteiger partial charge is 0.338 e. The van der Waals surface area contributed by atoms with Crippen molar-refractivity contribution in [1.29, 1.82) is 0 Å². The number of aromatic nitrogens is 4. The molecule has 9 nitrogen and oxygen atoms in total. The second kappa shape index (κ2) is 9.42. The summed E-state index contributed by atoms with van der Waals surface area (Å²) in [5, 5.41) is 7.26. The standard InChI is InChI=1S/C23H24N6O3/c1-3-32-22(31)20-16(2)28(14-19(30)25-13-17-8-7-11-24-12-17)23-26-15-27-29(23)21(20)18-9-5-4-6-10-18/h4-12,15,21H,3,13-14H2,1-2H3,(H,25,30)/t21-/m0/s1. The lowest BCUT2D eigenvalue weighted by Crippen LogP contribution is -2.42. The van der Waals surface area contributed by atoms with Gasteiger partial charge >= 0.3 is 5.97 Å². The maximum absolute atomic E-state index is 13.0. The summed E-state index contributed by atoms with van der Waals surface area (Å²) in [5.74, 6) is -0.175. The van der Waals surface area contributed by atoms with Crippen molar-refractivity contribution in [1.82, 2.24) is 25.1 Å². The fourth-order valence-corrected chi connectivity index (χ4v) is 3.74. The maximum atomic E-state index is 13.0. The van der Waals surface area contributed by atoms with Crippen molar-refractivity contribution in [2.24, 2.45) is 0 Å². The normalized spacial score (nSPS) is 15.3. The minimum Gasteiger partial charge on any atom is -0.463 e. The monoisotopic (exact) mass is 432 g/mol. The third-order valence-electron chi connectivity index (χ3n) is 5.23. The van der Waals surface area contributed by atoms with Crippen molar-refractivity contribution in [3.05, 3.63) is 83.6 Å². The molecule has 3 heterocycles. The molecule has 0 fully saturated rings. The van der Waals surface area contributed by atoms with Crippen LogP contribution in [0.4, 0.5) is 5.95 Å². The highest BCUT2D eigenvalue weighted by atomic mass is 16.5. The van der Waals surface area contributed by atoms with Crippen LogP contribution in [0.15, 0.2) is 72.5 Å². The van der Waals surface area contributed by atoms with E-state index >= 15 is 0 Å². The first-order chi connectivity index (χ1) is 15.6. The fourth-order valence-electron chi connectivity index (χ4n) is 3.74. The predicted molar refractivity (Wildman–Crippen MR) is 117 cm³/mol. The van der Waals surface area contributed by atoms with Crippen molar-refractivity contribution in [3.8, 4) is 0 Å². The van der Waals surface area contributed by atoms with Gasteiger partial charge < -0.3 is 15.0 Å². The van der Waals surface area contributed by atoms with Crippen LogP contribution in [0.3, 0.4) is 0 Å². The van der Waals surface area contributed by atoms with Crippen LogP contribution >= 0.6 is 0 Å². The van der Waals surface area contributed by atoms with Gasteiger partial charge in [-0.3, -0.25) is 9.78 Å². The number of carbonyl (C=O) groups excluding carboxylic acids is 2. The van der Waals surface area contributed by atoms with Crippen LogP contribution in [-0.2, 0) is 20.9 Å². The van der Waals surface area contributed by atoms with E-state index in [0.717, 1.165) is 11.1 Å². The first-order valence-electron chi connectivity index (χ1n) is 10.4. The summed E-state index contributed by atoms with van der Waals surface area (Å²) in [6.07, 6.45) is 4.81. The van der Waals surface area contributed by atoms with E-state index in [1.807, 2.05) is 42.5 Å². The number of esters is 1. The quantitative estimate of drug-likeness (QED) is 0.571. The topological polar surface area (TPSA) is 102 Å². The van der Waals surface area contributed by atoms with Gasteiger partial charge in [-0.05, 0) is 31.0 Å². The van der Waals surface area contributed by atoms with Crippen LogP contribution in [0, 0.1) is 0 Å². The Balaban J connectivity index is 1.66. The average molecular weight is 432 g/mol. The number of hydrogen-bond acceptors (Lipinski definition) is 7. The molecular formula is C23H24N6O3. The van der Waals surface area contributed by atoms with Gasteiger partial charge in [0.05, 0.1) is 12.2 Å². The zero-order valence-corrected chi connectivity index (χ0v) is 17.9. The van der Waals surface area contributed by atoms with E-state index in [1.165, 1.54) is 6.33 Å². The van der Waals surface area contributed by atoms with E-state index in [4.69, 9.17) is 4.74 Å². The summed E-state index contributed by atoms with van der Waals surface area (Å²) in [4.78, 5) is 35.9. The third kappa shape index (κ3) is 4.22. The van der Waals surface area contributed by atoms with Gasteiger partial charge in [-0.15, -0.1) is 0 Å². The van der Waals surface area contributed by atoms with Crippen LogP contribution in [-0.4, -0.2) is 44.8 Å². The van der Waals surface area contributed by atoms with Crippen LogP contribution in [0.1, 0.15) is 31.0 Å².